The standard InChI is InChI=1S/C23H17F3N4O/c1-30-20-10-7-15(23(24,25)26)11-19(20)27-22(30)21-17-9-8-16(12-18(17)28-29-21)31-13-14-5-3-2-4-6-14/h2-12H,13H2,1H3,(H,28,29). The molecule has 0 amide bonds. The molecule has 0 aliphatic heterocycles. The van der Waals surface area contributed by atoms with Gasteiger partial charge < -0.3 is 9.30 Å². The van der Waals surface area contributed by atoms with Crippen LogP contribution in [-0.2, 0) is 19.8 Å². The molecule has 0 fully saturated rings. The van der Waals surface area contributed by atoms with Crippen LogP contribution in [0.2, 0.25) is 0 Å². The van der Waals surface area contributed by atoms with Crippen LogP contribution in [-0.4, -0.2) is 19.7 Å². The molecule has 5 rings (SSSR count). The van der Waals surface area contributed by atoms with E-state index in [1.54, 1.807) is 11.6 Å². The van der Waals surface area contributed by atoms with Crippen molar-refractivity contribution in [1.82, 2.24) is 19.7 Å². The van der Waals surface area contributed by atoms with E-state index in [-0.39, 0.29) is 5.52 Å². The number of alkyl halides is 3. The molecule has 0 atom stereocenters. The zero-order valence-corrected chi connectivity index (χ0v) is 16.4. The van der Waals surface area contributed by atoms with Gasteiger partial charge in [0.25, 0.3) is 0 Å². The van der Waals surface area contributed by atoms with Gasteiger partial charge >= 0.3 is 6.18 Å². The SMILES string of the molecule is Cn1c(-c2n[nH]c3cc(OCc4ccccc4)ccc23)nc2cc(C(F)(F)F)ccc21. The molecule has 2 aromatic heterocycles. The molecule has 0 spiro atoms. The normalized spacial score (nSPS) is 12.0. The third kappa shape index (κ3) is 3.50. The van der Waals surface area contributed by atoms with Gasteiger partial charge in [-0.3, -0.25) is 5.10 Å². The van der Waals surface area contributed by atoms with E-state index in [2.05, 4.69) is 15.2 Å². The fraction of sp³-hybridized carbons (Fsp3) is 0.130. The summed E-state index contributed by atoms with van der Waals surface area (Å²) in [5.41, 5.74) is 2.52. The zero-order valence-electron chi connectivity index (χ0n) is 16.4. The molecule has 0 bridgehead atoms. The molecular formula is C23H17F3N4O. The average Bonchev–Trinajstić information content (AvgIpc) is 3.32. The van der Waals surface area contributed by atoms with Crippen molar-refractivity contribution < 1.29 is 17.9 Å². The average molecular weight is 422 g/mol. The molecule has 0 saturated carbocycles. The number of fused-ring (bicyclic) bond motifs is 2. The highest BCUT2D eigenvalue weighted by atomic mass is 19.4. The van der Waals surface area contributed by atoms with Crippen molar-refractivity contribution in [3.63, 3.8) is 0 Å². The van der Waals surface area contributed by atoms with Gasteiger partial charge in [0, 0.05) is 18.5 Å². The van der Waals surface area contributed by atoms with Crippen molar-refractivity contribution in [2.75, 3.05) is 0 Å². The first-order valence-corrected chi connectivity index (χ1v) is 9.59. The van der Waals surface area contributed by atoms with E-state index in [4.69, 9.17) is 4.74 Å². The fourth-order valence-corrected chi connectivity index (χ4v) is 3.59. The minimum absolute atomic E-state index is 0.270. The van der Waals surface area contributed by atoms with Gasteiger partial charge in [0.05, 0.1) is 22.1 Å². The van der Waals surface area contributed by atoms with Gasteiger partial charge in [-0.25, -0.2) is 4.98 Å². The molecule has 0 unspecified atom stereocenters. The maximum Gasteiger partial charge on any atom is 0.416 e. The molecule has 0 saturated heterocycles. The summed E-state index contributed by atoms with van der Waals surface area (Å²) >= 11 is 0. The van der Waals surface area contributed by atoms with Crippen LogP contribution in [0, 0.1) is 0 Å². The zero-order chi connectivity index (χ0) is 21.6. The second-order valence-corrected chi connectivity index (χ2v) is 7.25. The monoisotopic (exact) mass is 422 g/mol. The second kappa shape index (κ2) is 7.16. The van der Waals surface area contributed by atoms with Gasteiger partial charge in [-0.2, -0.15) is 18.3 Å². The summed E-state index contributed by atoms with van der Waals surface area (Å²) in [4.78, 5) is 4.43. The number of halogens is 3. The second-order valence-electron chi connectivity index (χ2n) is 7.25. The van der Waals surface area contributed by atoms with E-state index >= 15 is 0 Å². The molecule has 0 aliphatic rings. The third-order valence-electron chi connectivity index (χ3n) is 5.20. The Morgan fingerprint density at radius 2 is 1.81 bits per heavy atom. The number of aryl methyl sites for hydroxylation is 1. The molecule has 0 radical (unpaired) electrons. The fourth-order valence-electron chi connectivity index (χ4n) is 3.59. The number of nitrogens with one attached hydrogen (secondary N) is 1. The molecule has 3 aromatic carbocycles. The first-order chi connectivity index (χ1) is 14.9. The first kappa shape index (κ1) is 19.2. The Morgan fingerprint density at radius 3 is 2.58 bits per heavy atom. The Morgan fingerprint density at radius 1 is 1.00 bits per heavy atom. The summed E-state index contributed by atoms with van der Waals surface area (Å²) in [5.74, 6) is 1.17. The Labute approximate surface area is 175 Å². The Hall–Kier alpha value is -3.81. The third-order valence-corrected chi connectivity index (χ3v) is 5.20. The van der Waals surface area contributed by atoms with Crippen LogP contribution in [0.25, 0.3) is 33.5 Å². The molecule has 8 heteroatoms. The predicted octanol–water partition coefficient (Wildman–Crippen LogP) is 5.71. The predicted molar refractivity (Wildman–Crippen MR) is 112 cm³/mol. The number of hydrogen-bond acceptors (Lipinski definition) is 3. The minimum Gasteiger partial charge on any atom is -0.489 e. The smallest absolute Gasteiger partial charge is 0.416 e. The molecule has 2 heterocycles. The minimum atomic E-state index is -4.42. The molecular weight excluding hydrogens is 405 g/mol. The summed E-state index contributed by atoms with van der Waals surface area (Å²) in [5, 5.41) is 8.14. The first-order valence-electron chi connectivity index (χ1n) is 9.59. The highest BCUT2D eigenvalue weighted by Gasteiger charge is 2.31. The highest BCUT2D eigenvalue weighted by Crippen LogP contribution is 2.34. The van der Waals surface area contributed by atoms with Crippen molar-refractivity contribution >= 4 is 21.9 Å². The van der Waals surface area contributed by atoms with Crippen LogP contribution >= 0.6 is 0 Å². The summed E-state index contributed by atoms with van der Waals surface area (Å²) in [6.07, 6.45) is -4.42. The lowest BCUT2D eigenvalue weighted by molar-refractivity contribution is -0.137. The van der Waals surface area contributed by atoms with Gasteiger partial charge in [0.2, 0.25) is 0 Å². The summed E-state index contributed by atoms with van der Waals surface area (Å²) in [6.45, 7) is 0.444. The Bertz CT molecular complexity index is 1390. The number of imidazole rings is 1. The lowest BCUT2D eigenvalue weighted by atomic mass is 10.2. The number of nitrogens with zero attached hydrogens (tertiary/aromatic N) is 3. The number of aromatic amines is 1. The van der Waals surface area contributed by atoms with Crippen LogP contribution in [0.4, 0.5) is 13.2 Å². The van der Waals surface area contributed by atoms with Gasteiger partial charge in [-0.1, -0.05) is 30.3 Å². The van der Waals surface area contributed by atoms with E-state index < -0.39 is 11.7 Å². The van der Waals surface area contributed by atoms with Gasteiger partial charge in [-0.15, -0.1) is 0 Å². The lowest BCUT2D eigenvalue weighted by Crippen LogP contribution is -2.04. The molecule has 5 aromatic rings. The quantitative estimate of drug-likeness (QED) is 0.403. The number of rotatable bonds is 4. The van der Waals surface area contributed by atoms with Crippen molar-refractivity contribution in [1.29, 1.82) is 0 Å². The van der Waals surface area contributed by atoms with E-state index in [9.17, 15) is 13.2 Å². The number of aromatic nitrogens is 4. The van der Waals surface area contributed by atoms with E-state index in [1.165, 1.54) is 6.07 Å². The van der Waals surface area contributed by atoms with Crippen LogP contribution in [0.5, 0.6) is 5.75 Å². The van der Waals surface area contributed by atoms with Gasteiger partial charge in [0.15, 0.2) is 5.82 Å². The largest absolute Gasteiger partial charge is 0.489 e. The van der Waals surface area contributed by atoms with Gasteiger partial charge in [-0.05, 0) is 35.9 Å². The Balaban J connectivity index is 1.49. The maximum absolute atomic E-state index is 13.1. The topological polar surface area (TPSA) is 55.7 Å². The summed E-state index contributed by atoms with van der Waals surface area (Å²) in [6, 6.07) is 18.9. The molecule has 156 valence electrons. The molecule has 31 heavy (non-hydrogen) atoms. The van der Waals surface area contributed by atoms with E-state index in [1.807, 2.05) is 48.5 Å². The number of hydrogen-bond donors (Lipinski definition) is 1. The van der Waals surface area contributed by atoms with Crippen molar-refractivity contribution in [3.05, 3.63) is 77.9 Å². The van der Waals surface area contributed by atoms with E-state index in [0.29, 0.717) is 29.4 Å². The number of benzene rings is 3. The van der Waals surface area contributed by atoms with Crippen molar-refractivity contribution in [3.8, 4) is 17.3 Å². The van der Waals surface area contributed by atoms with Crippen LogP contribution < -0.4 is 4.74 Å². The van der Waals surface area contributed by atoms with Crippen molar-refractivity contribution in [2.45, 2.75) is 12.8 Å². The van der Waals surface area contributed by atoms with Crippen LogP contribution in [0.15, 0.2) is 66.7 Å². The van der Waals surface area contributed by atoms with E-state index in [0.717, 1.165) is 28.6 Å². The highest BCUT2D eigenvalue weighted by molar-refractivity contribution is 5.94. The summed E-state index contributed by atoms with van der Waals surface area (Å²) in [7, 11) is 1.76. The summed E-state index contributed by atoms with van der Waals surface area (Å²) < 4.78 is 46.7. The molecule has 0 aliphatic carbocycles. The van der Waals surface area contributed by atoms with Crippen molar-refractivity contribution in [2.24, 2.45) is 7.05 Å². The molecule has 1 N–H and O–H groups in total. The number of ether oxygens (including phenoxy) is 1. The number of H-pyrrole nitrogens is 1. The Kier molecular flexibility index (Phi) is 4.43. The van der Waals surface area contributed by atoms with Crippen LogP contribution in [0.3, 0.4) is 0 Å². The van der Waals surface area contributed by atoms with Crippen LogP contribution in [0.1, 0.15) is 11.1 Å². The van der Waals surface area contributed by atoms with Gasteiger partial charge in [0.1, 0.15) is 18.1 Å². The maximum atomic E-state index is 13.1. The molecule has 5 nitrogen and oxygen atoms in total. The lowest BCUT2D eigenvalue weighted by Gasteiger charge is -2.06.